The molecule has 0 atom stereocenters. The van der Waals surface area contributed by atoms with E-state index in [1.165, 1.54) is 0 Å². The highest BCUT2D eigenvalue weighted by molar-refractivity contribution is 9.10. The maximum Gasteiger partial charge on any atom is 0.391 e. The summed E-state index contributed by atoms with van der Waals surface area (Å²) in [4.78, 5) is 0. The van der Waals surface area contributed by atoms with Crippen LogP contribution in [0.1, 0.15) is 31.2 Å². The molecular weight excluding hydrogens is 319 g/mol. The van der Waals surface area contributed by atoms with Gasteiger partial charge >= 0.3 is 6.18 Å². The van der Waals surface area contributed by atoms with Crippen LogP contribution in [0, 0.1) is 12.8 Å². The van der Waals surface area contributed by atoms with Gasteiger partial charge in [0, 0.05) is 16.2 Å². The molecule has 0 bridgehead atoms. The summed E-state index contributed by atoms with van der Waals surface area (Å²) in [5, 5.41) is 3.36. The van der Waals surface area contributed by atoms with Crippen LogP contribution in [0.4, 0.5) is 18.9 Å². The Kier molecular flexibility index (Phi) is 4.43. The normalized spacial score (nSPS) is 24.3. The Morgan fingerprint density at radius 3 is 2.37 bits per heavy atom. The number of nitrogens with one attached hydrogen (secondary N) is 1. The van der Waals surface area contributed by atoms with Gasteiger partial charge in [-0.1, -0.05) is 22.0 Å². The van der Waals surface area contributed by atoms with Crippen LogP contribution in [0.5, 0.6) is 0 Å². The van der Waals surface area contributed by atoms with Crippen molar-refractivity contribution >= 4 is 21.6 Å². The number of hydrogen-bond acceptors (Lipinski definition) is 1. The molecule has 1 aromatic carbocycles. The molecule has 0 aliphatic heterocycles. The molecular formula is C14H17BrF3N. The second-order valence-electron chi connectivity index (χ2n) is 5.19. The van der Waals surface area contributed by atoms with Crippen molar-refractivity contribution in [2.24, 2.45) is 5.92 Å². The fraction of sp³-hybridized carbons (Fsp3) is 0.571. The van der Waals surface area contributed by atoms with Crippen LogP contribution >= 0.6 is 15.9 Å². The van der Waals surface area contributed by atoms with Crippen molar-refractivity contribution in [3.8, 4) is 0 Å². The highest BCUT2D eigenvalue weighted by Gasteiger charge is 2.41. The summed E-state index contributed by atoms with van der Waals surface area (Å²) < 4.78 is 38.7. The van der Waals surface area contributed by atoms with Crippen LogP contribution in [0.15, 0.2) is 22.7 Å². The van der Waals surface area contributed by atoms with E-state index in [9.17, 15) is 13.2 Å². The standard InChI is InChI=1S/C14H17BrF3N/c1-9-2-5-11(15)8-13(9)19-12-6-3-10(4-7-12)14(16,17)18/h2,5,8,10,12,19H,3-4,6-7H2,1H3. The second kappa shape index (κ2) is 5.73. The van der Waals surface area contributed by atoms with Gasteiger partial charge in [0.05, 0.1) is 5.92 Å². The number of anilines is 1. The van der Waals surface area contributed by atoms with Crippen molar-refractivity contribution in [1.82, 2.24) is 0 Å². The molecule has 106 valence electrons. The van der Waals surface area contributed by atoms with Crippen LogP contribution in [0.3, 0.4) is 0 Å². The Morgan fingerprint density at radius 1 is 1.16 bits per heavy atom. The van der Waals surface area contributed by atoms with Crippen molar-refractivity contribution in [3.05, 3.63) is 28.2 Å². The number of halogens is 4. The fourth-order valence-corrected chi connectivity index (χ4v) is 2.90. The van der Waals surface area contributed by atoms with Gasteiger partial charge in [-0.05, 0) is 50.3 Å². The van der Waals surface area contributed by atoms with Crippen LogP contribution in [0.2, 0.25) is 0 Å². The van der Waals surface area contributed by atoms with E-state index in [1.54, 1.807) is 0 Å². The molecule has 0 spiro atoms. The van der Waals surface area contributed by atoms with Gasteiger partial charge in [0.2, 0.25) is 0 Å². The first-order valence-electron chi connectivity index (χ1n) is 6.45. The zero-order chi connectivity index (χ0) is 14.0. The molecule has 0 radical (unpaired) electrons. The molecule has 1 aromatic rings. The first-order valence-corrected chi connectivity index (χ1v) is 7.25. The van der Waals surface area contributed by atoms with E-state index in [1.807, 2.05) is 25.1 Å². The van der Waals surface area contributed by atoms with Crippen LogP contribution in [-0.4, -0.2) is 12.2 Å². The lowest BCUT2D eigenvalue weighted by Crippen LogP contribution is -2.32. The molecule has 1 aliphatic carbocycles. The predicted molar refractivity (Wildman–Crippen MR) is 74.3 cm³/mol. The lowest BCUT2D eigenvalue weighted by atomic mass is 9.85. The summed E-state index contributed by atoms with van der Waals surface area (Å²) in [6.07, 6.45) is -2.41. The zero-order valence-electron chi connectivity index (χ0n) is 10.7. The van der Waals surface area contributed by atoms with Gasteiger partial charge in [-0.3, -0.25) is 0 Å². The van der Waals surface area contributed by atoms with Gasteiger partial charge in [0.1, 0.15) is 0 Å². The zero-order valence-corrected chi connectivity index (χ0v) is 12.3. The molecule has 0 aromatic heterocycles. The average Bonchev–Trinajstić information content (AvgIpc) is 2.33. The smallest absolute Gasteiger partial charge is 0.382 e. The lowest BCUT2D eigenvalue weighted by Gasteiger charge is -2.31. The van der Waals surface area contributed by atoms with Crippen LogP contribution in [0.25, 0.3) is 0 Å². The highest BCUT2D eigenvalue weighted by atomic mass is 79.9. The van der Waals surface area contributed by atoms with E-state index < -0.39 is 12.1 Å². The molecule has 19 heavy (non-hydrogen) atoms. The molecule has 1 N–H and O–H groups in total. The summed E-state index contributed by atoms with van der Waals surface area (Å²) in [5.41, 5.74) is 2.12. The molecule has 5 heteroatoms. The fourth-order valence-electron chi connectivity index (χ4n) is 2.53. The van der Waals surface area contributed by atoms with Gasteiger partial charge in [-0.15, -0.1) is 0 Å². The Bertz CT molecular complexity index is 437. The SMILES string of the molecule is Cc1ccc(Br)cc1NC1CCC(C(F)(F)F)CC1. The molecule has 0 unspecified atom stereocenters. The van der Waals surface area contributed by atoms with E-state index in [2.05, 4.69) is 21.2 Å². The number of alkyl halides is 3. The minimum atomic E-state index is -4.03. The third-order valence-corrected chi connectivity index (χ3v) is 4.24. The van der Waals surface area contributed by atoms with Crippen LogP contribution < -0.4 is 5.32 Å². The Labute approximate surface area is 119 Å². The van der Waals surface area contributed by atoms with E-state index >= 15 is 0 Å². The highest BCUT2D eigenvalue weighted by Crippen LogP contribution is 2.38. The monoisotopic (exact) mass is 335 g/mol. The third-order valence-electron chi connectivity index (χ3n) is 3.75. The largest absolute Gasteiger partial charge is 0.391 e. The van der Waals surface area contributed by atoms with E-state index in [4.69, 9.17) is 0 Å². The average molecular weight is 336 g/mol. The summed E-state index contributed by atoms with van der Waals surface area (Å²) in [7, 11) is 0. The number of benzene rings is 1. The van der Waals surface area contributed by atoms with Gasteiger partial charge in [0.15, 0.2) is 0 Å². The molecule has 1 saturated carbocycles. The second-order valence-corrected chi connectivity index (χ2v) is 6.11. The number of hydrogen-bond donors (Lipinski definition) is 1. The third kappa shape index (κ3) is 3.88. The minimum Gasteiger partial charge on any atom is -0.382 e. The van der Waals surface area contributed by atoms with E-state index in [0.29, 0.717) is 12.8 Å². The van der Waals surface area contributed by atoms with Crippen LogP contribution in [-0.2, 0) is 0 Å². The summed E-state index contributed by atoms with van der Waals surface area (Å²) in [6, 6.07) is 6.08. The molecule has 1 nitrogen and oxygen atoms in total. The summed E-state index contributed by atoms with van der Waals surface area (Å²) in [6.45, 7) is 2.00. The number of aryl methyl sites for hydroxylation is 1. The van der Waals surface area contributed by atoms with Gasteiger partial charge < -0.3 is 5.32 Å². The van der Waals surface area contributed by atoms with Crippen molar-refractivity contribution in [2.75, 3.05) is 5.32 Å². The molecule has 1 fully saturated rings. The van der Waals surface area contributed by atoms with Crippen molar-refractivity contribution in [1.29, 1.82) is 0 Å². The first-order chi connectivity index (χ1) is 8.86. The van der Waals surface area contributed by atoms with E-state index in [-0.39, 0.29) is 18.9 Å². The molecule has 1 aliphatic rings. The van der Waals surface area contributed by atoms with Crippen molar-refractivity contribution < 1.29 is 13.2 Å². The van der Waals surface area contributed by atoms with Gasteiger partial charge in [-0.2, -0.15) is 13.2 Å². The molecule has 2 rings (SSSR count). The van der Waals surface area contributed by atoms with Crippen molar-refractivity contribution in [2.45, 2.75) is 44.8 Å². The Morgan fingerprint density at radius 2 is 1.79 bits per heavy atom. The maximum absolute atomic E-state index is 12.6. The molecule has 0 amide bonds. The predicted octanol–water partition coefficient (Wildman–Crippen LogP) is 5.29. The van der Waals surface area contributed by atoms with Gasteiger partial charge in [-0.25, -0.2) is 0 Å². The molecule has 0 heterocycles. The Balaban J connectivity index is 1.94. The Hall–Kier alpha value is -0.710. The van der Waals surface area contributed by atoms with Gasteiger partial charge in [0.25, 0.3) is 0 Å². The van der Waals surface area contributed by atoms with E-state index in [0.717, 1.165) is 15.7 Å². The maximum atomic E-state index is 12.6. The topological polar surface area (TPSA) is 12.0 Å². The summed E-state index contributed by atoms with van der Waals surface area (Å²) >= 11 is 3.41. The summed E-state index contributed by atoms with van der Waals surface area (Å²) in [5.74, 6) is -1.12. The first kappa shape index (κ1) is 14.7. The quantitative estimate of drug-likeness (QED) is 0.774. The minimum absolute atomic E-state index is 0.145. The van der Waals surface area contributed by atoms with Crippen molar-refractivity contribution in [3.63, 3.8) is 0 Å². The number of rotatable bonds is 2. The lowest BCUT2D eigenvalue weighted by molar-refractivity contribution is -0.182. The molecule has 0 saturated heterocycles.